The van der Waals surface area contributed by atoms with E-state index in [1.165, 1.54) is 12.1 Å². The summed E-state index contributed by atoms with van der Waals surface area (Å²) in [5.74, 6) is 0.594. The Morgan fingerprint density at radius 1 is 0.727 bits per heavy atom. The zero-order valence-electron chi connectivity index (χ0n) is 19.3. The van der Waals surface area contributed by atoms with Gasteiger partial charge in [0.05, 0.1) is 11.1 Å². The fourth-order valence-electron chi connectivity index (χ4n) is 3.40. The minimum Gasteiger partial charge on any atom is -0.508 e. The van der Waals surface area contributed by atoms with Crippen molar-refractivity contribution in [1.29, 1.82) is 0 Å². The van der Waals surface area contributed by atoms with Crippen LogP contribution >= 0.6 is 0 Å². The Hall–Kier alpha value is -3.80. The van der Waals surface area contributed by atoms with Gasteiger partial charge in [-0.15, -0.1) is 0 Å². The van der Waals surface area contributed by atoms with Gasteiger partial charge >= 0.3 is 0 Å². The molecule has 33 heavy (non-hydrogen) atoms. The minimum atomic E-state index is -0.120. The highest BCUT2D eigenvalue weighted by molar-refractivity contribution is 5.81. The van der Waals surface area contributed by atoms with Crippen LogP contribution in [0, 0.1) is 0 Å². The van der Waals surface area contributed by atoms with Crippen LogP contribution < -0.4 is 4.74 Å². The molecule has 0 unspecified atom stereocenters. The van der Waals surface area contributed by atoms with Crippen molar-refractivity contribution in [2.24, 2.45) is 0 Å². The molecule has 0 amide bonds. The summed E-state index contributed by atoms with van der Waals surface area (Å²) < 4.78 is 5.79. The largest absolute Gasteiger partial charge is 0.508 e. The third-order valence-electron chi connectivity index (χ3n) is 5.08. The van der Waals surface area contributed by atoms with E-state index in [0.717, 1.165) is 5.56 Å². The van der Waals surface area contributed by atoms with Crippen LogP contribution in [0.15, 0.2) is 54.6 Å². The first kappa shape index (κ1) is 25.5. The predicted molar refractivity (Wildman–Crippen MR) is 128 cm³/mol. The van der Waals surface area contributed by atoms with Crippen molar-refractivity contribution in [2.45, 2.75) is 46.1 Å². The van der Waals surface area contributed by atoms with Gasteiger partial charge in [-0.05, 0) is 41.7 Å². The second kappa shape index (κ2) is 11.7. The fraction of sp³-hybridized carbons (Fsp3) is 0.259. The maximum atomic E-state index is 10.9. The lowest BCUT2D eigenvalue weighted by molar-refractivity contribution is 0.111. The molecule has 0 aliphatic carbocycles. The molecule has 0 fully saturated rings. The average Bonchev–Trinajstić information content (AvgIpc) is 2.78. The lowest BCUT2D eigenvalue weighted by Crippen LogP contribution is -2.01. The van der Waals surface area contributed by atoms with E-state index in [-0.39, 0.29) is 34.6 Å². The molecular weight excluding hydrogens is 420 g/mol. The Morgan fingerprint density at radius 3 is 1.76 bits per heavy atom. The third-order valence-corrected chi connectivity index (χ3v) is 5.08. The van der Waals surface area contributed by atoms with Gasteiger partial charge in [0.2, 0.25) is 0 Å². The molecule has 0 spiro atoms. The van der Waals surface area contributed by atoms with Crippen molar-refractivity contribution in [3.63, 3.8) is 0 Å². The van der Waals surface area contributed by atoms with Crippen LogP contribution in [0.1, 0.15) is 76.9 Å². The standard InChI is InChI=1S/C17H18O3.C10H12O3/c1-12(2)16-15(9-8-14(10-18)17(16)19)20-11-13-6-4-3-5-7-13;1-6(2)9-8(12)4-3-7(5-11)10(9)13/h3-10,12,19H,11H2,1-2H3;3-6,12-13H,1-2H3. The number of carbonyl (C=O) groups excluding carboxylic acids is 2. The first-order valence-electron chi connectivity index (χ1n) is 10.7. The Kier molecular flexibility index (Phi) is 9.04. The Labute approximate surface area is 194 Å². The number of aromatic hydroxyl groups is 3. The summed E-state index contributed by atoms with van der Waals surface area (Å²) in [5, 5.41) is 29.1. The quantitative estimate of drug-likeness (QED) is 0.385. The number of phenolic OH excluding ortho intramolecular Hbond substituents is 3. The van der Waals surface area contributed by atoms with Crippen LogP contribution in [0.5, 0.6) is 23.0 Å². The van der Waals surface area contributed by atoms with Crippen LogP contribution in [0.25, 0.3) is 0 Å². The van der Waals surface area contributed by atoms with Gasteiger partial charge in [0.1, 0.15) is 29.6 Å². The van der Waals surface area contributed by atoms with Gasteiger partial charge in [-0.25, -0.2) is 0 Å². The number of hydrogen-bond acceptors (Lipinski definition) is 6. The highest BCUT2D eigenvalue weighted by Crippen LogP contribution is 2.37. The van der Waals surface area contributed by atoms with Crippen molar-refractivity contribution >= 4 is 12.6 Å². The van der Waals surface area contributed by atoms with Crippen LogP contribution in [0.3, 0.4) is 0 Å². The SMILES string of the molecule is CC(C)c1c(O)ccc(C=O)c1O.CC(C)c1c(OCc2ccccc2)ccc(C=O)c1O. The molecule has 0 saturated heterocycles. The first-order chi connectivity index (χ1) is 15.7. The summed E-state index contributed by atoms with van der Waals surface area (Å²) in [6.45, 7) is 8.02. The Bertz CT molecular complexity index is 1090. The van der Waals surface area contributed by atoms with E-state index in [1.54, 1.807) is 12.1 Å². The molecule has 174 valence electrons. The Balaban J connectivity index is 0.000000257. The van der Waals surface area contributed by atoms with E-state index in [9.17, 15) is 24.9 Å². The van der Waals surface area contributed by atoms with E-state index in [2.05, 4.69) is 0 Å². The molecule has 0 radical (unpaired) electrons. The van der Waals surface area contributed by atoms with Gasteiger partial charge in [-0.3, -0.25) is 9.59 Å². The zero-order chi connectivity index (χ0) is 24.5. The zero-order valence-corrected chi connectivity index (χ0v) is 19.3. The number of ether oxygens (including phenoxy) is 1. The summed E-state index contributed by atoms with van der Waals surface area (Å²) in [6, 6.07) is 15.9. The molecule has 0 heterocycles. The second-order valence-corrected chi connectivity index (χ2v) is 8.17. The van der Waals surface area contributed by atoms with Crippen LogP contribution in [-0.2, 0) is 6.61 Å². The third kappa shape index (κ3) is 6.35. The molecular formula is C27H30O6. The number of benzene rings is 3. The van der Waals surface area contributed by atoms with Gasteiger partial charge in [0.15, 0.2) is 12.6 Å². The normalized spacial score (nSPS) is 10.5. The monoisotopic (exact) mass is 450 g/mol. The van der Waals surface area contributed by atoms with Gasteiger partial charge in [0, 0.05) is 11.1 Å². The maximum absolute atomic E-state index is 10.9. The van der Waals surface area contributed by atoms with E-state index in [4.69, 9.17) is 4.74 Å². The average molecular weight is 451 g/mol. The molecule has 3 aromatic carbocycles. The van der Waals surface area contributed by atoms with E-state index in [1.807, 2.05) is 58.0 Å². The molecule has 3 rings (SSSR count). The topological polar surface area (TPSA) is 104 Å². The summed E-state index contributed by atoms with van der Waals surface area (Å²) >= 11 is 0. The minimum absolute atomic E-state index is 0.0140. The molecule has 0 saturated carbocycles. The second-order valence-electron chi connectivity index (χ2n) is 8.17. The van der Waals surface area contributed by atoms with Crippen molar-refractivity contribution in [3.8, 4) is 23.0 Å². The molecule has 0 bridgehead atoms. The first-order valence-corrected chi connectivity index (χ1v) is 10.7. The number of carbonyl (C=O) groups is 2. The van der Waals surface area contributed by atoms with Gasteiger partial charge < -0.3 is 20.1 Å². The van der Waals surface area contributed by atoms with Crippen molar-refractivity contribution < 1.29 is 29.6 Å². The summed E-state index contributed by atoms with van der Waals surface area (Å²) in [6.07, 6.45) is 1.23. The molecule has 3 N–H and O–H groups in total. The molecule has 0 aliphatic heterocycles. The fourth-order valence-corrected chi connectivity index (χ4v) is 3.40. The Morgan fingerprint density at radius 2 is 1.24 bits per heavy atom. The number of hydrogen-bond donors (Lipinski definition) is 3. The molecule has 3 aromatic rings. The van der Waals surface area contributed by atoms with Crippen LogP contribution in [0.2, 0.25) is 0 Å². The van der Waals surface area contributed by atoms with Gasteiger partial charge in [-0.2, -0.15) is 0 Å². The number of aldehydes is 2. The number of phenols is 3. The van der Waals surface area contributed by atoms with Crippen LogP contribution in [0.4, 0.5) is 0 Å². The molecule has 6 heteroatoms. The summed E-state index contributed by atoms with van der Waals surface area (Å²) in [5.41, 5.74) is 2.65. The van der Waals surface area contributed by atoms with Crippen molar-refractivity contribution in [2.75, 3.05) is 0 Å². The highest BCUT2D eigenvalue weighted by Gasteiger charge is 2.17. The summed E-state index contributed by atoms with van der Waals surface area (Å²) in [7, 11) is 0. The lowest BCUT2D eigenvalue weighted by atomic mass is 9.98. The molecule has 6 nitrogen and oxygen atoms in total. The maximum Gasteiger partial charge on any atom is 0.153 e. The smallest absolute Gasteiger partial charge is 0.153 e. The number of rotatable bonds is 7. The van der Waals surface area contributed by atoms with Crippen molar-refractivity contribution in [3.05, 3.63) is 82.4 Å². The highest BCUT2D eigenvalue weighted by atomic mass is 16.5. The van der Waals surface area contributed by atoms with Gasteiger partial charge in [-0.1, -0.05) is 58.0 Å². The molecule has 0 aromatic heterocycles. The predicted octanol–water partition coefficient (Wildman–Crippen LogP) is 5.94. The molecule has 0 aliphatic rings. The van der Waals surface area contributed by atoms with E-state index in [0.29, 0.717) is 41.6 Å². The van der Waals surface area contributed by atoms with E-state index < -0.39 is 0 Å². The molecule has 0 atom stereocenters. The van der Waals surface area contributed by atoms with E-state index >= 15 is 0 Å². The van der Waals surface area contributed by atoms with Crippen molar-refractivity contribution in [1.82, 2.24) is 0 Å². The van der Waals surface area contributed by atoms with Crippen LogP contribution in [-0.4, -0.2) is 27.9 Å². The summed E-state index contributed by atoms with van der Waals surface area (Å²) in [4.78, 5) is 21.4. The lowest BCUT2D eigenvalue weighted by Gasteiger charge is -2.16. The van der Waals surface area contributed by atoms with Gasteiger partial charge in [0.25, 0.3) is 0 Å².